The van der Waals surface area contributed by atoms with Gasteiger partial charge in [0.15, 0.2) is 0 Å². The molecule has 2 aromatic carbocycles. The van der Waals surface area contributed by atoms with Gasteiger partial charge in [0, 0.05) is 19.6 Å². The Balaban J connectivity index is 1.64. The van der Waals surface area contributed by atoms with Gasteiger partial charge >= 0.3 is 0 Å². The molecule has 0 N–H and O–H groups in total. The summed E-state index contributed by atoms with van der Waals surface area (Å²) in [4.78, 5) is 2.42. The van der Waals surface area contributed by atoms with Gasteiger partial charge in [0.1, 0.15) is 11.6 Å². The third-order valence-electron chi connectivity index (χ3n) is 4.37. The Morgan fingerprint density at radius 1 is 1.13 bits per heavy atom. The number of methoxy groups -OCH3 is 1. The van der Waals surface area contributed by atoms with Crippen LogP contribution in [-0.2, 0) is 6.54 Å². The first-order valence-electron chi connectivity index (χ1n) is 7.96. The Kier molecular flexibility index (Phi) is 4.77. The summed E-state index contributed by atoms with van der Waals surface area (Å²) in [5.41, 5.74) is 4.92. The number of nitrogens with zero attached hydrogens (tertiary/aromatic N) is 1. The maximum absolute atomic E-state index is 13.0. The fourth-order valence-electron chi connectivity index (χ4n) is 3.08. The van der Waals surface area contributed by atoms with Crippen LogP contribution in [0.4, 0.5) is 4.39 Å². The predicted octanol–water partition coefficient (Wildman–Crippen LogP) is 4.43. The summed E-state index contributed by atoms with van der Waals surface area (Å²) in [5.74, 6) is 0.757. The van der Waals surface area contributed by atoms with Crippen molar-refractivity contribution in [2.24, 2.45) is 0 Å². The summed E-state index contributed by atoms with van der Waals surface area (Å²) in [7, 11) is 1.70. The second-order valence-corrected chi connectivity index (χ2v) is 6.03. The molecule has 1 aliphatic rings. The lowest BCUT2D eigenvalue weighted by Crippen LogP contribution is -2.28. The first-order valence-corrected chi connectivity index (χ1v) is 7.96. The fourth-order valence-corrected chi connectivity index (χ4v) is 3.08. The van der Waals surface area contributed by atoms with Crippen molar-refractivity contribution in [1.29, 1.82) is 0 Å². The SMILES string of the molecule is COc1ccc(CN2CC=C(c3ccc(F)cc3)CC2)cc1C. The van der Waals surface area contributed by atoms with E-state index in [4.69, 9.17) is 4.74 Å². The van der Waals surface area contributed by atoms with E-state index in [0.717, 1.165) is 37.4 Å². The van der Waals surface area contributed by atoms with Crippen molar-refractivity contribution < 1.29 is 9.13 Å². The molecule has 0 fully saturated rings. The van der Waals surface area contributed by atoms with Crippen LogP contribution < -0.4 is 4.74 Å². The van der Waals surface area contributed by atoms with Crippen LogP contribution in [0.3, 0.4) is 0 Å². The van der Waals surface area contributed by atoms with Crippen LogP contribution in [0.5, 0.6) is 5.75 Å². The predicted molar refractivity (Wildman–Crippen MR) is 92.0 cm³/mol. The van der Waals surface area contributed by atoms with Crippen molar-refractivity contribution in [1.82, 2.24) is 4.90 Å². The van der Waals surface area contributed by atoms with E-state index < -0.39 is 0 Å². The maximum atomic E-state index is 13.0. The molecular weight excluding hydrogens is 289 g/mol. The molecule has 0 atom stereocenters. The highest BCUT2D eigenvalue weighted by molar-refractivity contribution is 5.66. The quantitative estimate of drug-likeness (QED) is 0.828. The highest BCUT2D eigenvalue weighted by atomic mass is 19.1. The molecule has 2 nitrogen and oxygen atoms in total. The van der Waals surface area contributed by atoms with Crippen LogP contribution >= 0.6 is 0 Å². The van der Waals surface area contributed by atoms with Gasteiger partial charge in [-0.05, 0) is 53.8 Å². The van der Waals surface area contributed by atoms with Crippen LogP contribution in [0.2, 0.25) is 0 Å². The van der Waals surface area contributed by atoms with E-state index in [1.54, 1.807) is 7.11 Å². The van der Waals surface area contributed by atoms with Crippen LogP contribution in [0.15, 0.2) is 48.5 Å². The molecule has 2 aromatic rings. The van der Waals surface area contributed by atoms with Crippen molar-refractivity contribution in [2.45, 2.75) is 19.9 Å². The lowest BCUT2D eigenvalue weighted by molar-refractivity contribution is 0.293. The smallest absolute Gasteiger partial charge is 0.123 e. The second-order valence-electron chi connectivity index (χ2n) is 6.03. The lowest BCUT2D eigenvalue weighted by atomic mass is 9.99. The first kappa shape index (κ1) is 15.8. The molecule has 23 heavy (non-hydrogen) atoms. The molecule has 3 heteroatoms. The average Bonchev–Trinajstić information content (AvgIpc) is 2.57. The Hall–Kier alpha value is -2.13. The van der Waals surface area contributed by atoms with E-state index in [1.165, 1.54) is 28.8 Å². The van der Waals surface area contributed by atoms with Gasteiger partial charge in [-0.25, -0.2) is 4.39 Å². The molecule has 0 aliphatic carbocycles. The minimum atomic E-state index is -0.179. The number of hydrogen-bond acceptors (Lipinski definition) is 2. The van der Waals surface area contributed by atoms with Gasteiger partial charge in [-0.3, -0.25) is 4.90 Å². The minimum absolute atomic E-state index is 0.179. The fraction of sp³-hybridized carbons (Fsp3) is 0.300. The average molecular weight is 311 g/mol. The molecule has 120 valence electrons. The number of benzene rings is 2. The van der Waals surface area contributed by atoms with Gasteiger partial charge < -0.3 is 4.74 Å². The van der Waals surface area contributed by atoms with Gasteiger partial charge in [-0.1, -0.05) is 30.3 Å². The van der Waals surface area contributed by atoms with E-state index in [2.05, 4.69) is 30.0 Å². The number of rotatable bonds is 4. The number of ether oxygens (including phenoxy) is 1. The van der Waals surface area contributed by atoms with Crippen molar-refractivity contribution in [3.63, 3.8) is 0 Å². The summed E-state index contributed by atoms with van der Waals surface area (Å²) in [6, 6.07) is 13.1. The normalized spacial score (nSPS) is 15.3. The molecule has 1 heterocycles. The minimum Gasteiger partial charge on any atom is -0.496 e. The standard InChI is InChI=1S/C20H22FNO/c1-15-13-16(3-8-20(15)23-2)14-22-11-9-18(10-12-22)17-4-6-19(21)7-5-17/h3-9,13H,10-12,14H2,1-2H3. The molecule has 0 radical (unpaired) electrons. The third-order valence-corrected chi connectivity index (χ3v) is 4.37. The van der Waals surface area contributed by atoms with E-state index in [9.17, 15) is 4.39 Å². The summed E-state index contributed by atoms with van der Waals surface area (Å²) in [6.07, 6.45) is 3.26. The van der Waals surface area contributed by atoms with Crippen molar-refractivity contribution in [2.75, 3.05) is 20.2 Å². The zero-order valence-electron chi connectivity index (χ0n) is 13.7. The number of halogens is 1. The van der Waals surface area contributed by atoms with Crippen LogP contribution in [0.25, 0.3) is 5.57 Å². The zero-order valence-corrected chi connectivity index (χ0v) is 13.7. The first-order chi connectivity index (χ1) is 11.2. The third kappa shape index (κ3) is 3.80. The molecule has 0 spiro atoms. The van der Waals surface area contributed by atoms with E-state index in [-0.39, 0.29) is 5.82 Å². The van der Waals surface area contributed by atoms with Crippen molar-refractivity contribution >= 4 is 5.57 Å². The molecule has 3 rings (SSSR count). The molecule has 0 saturated heterocycles. The molecule has 0 saturated carbocycles. The highest BCUT2D eigenvalue weighted by Crippen LogP contribution is 2.24. The topological polar surface area (TPSA) is 12.5 Å². The molecule has 0 amide bonds. The Bertz CT molecular complexity index is 706. The highest BCUT2D eigenvalue weighted by Gasteiger charge is 2.13. The molecular formula is C20H22FNO. The van der Waals surface area contributed by atoms with Crippen LogP contribution in [0, 0.1) is 12.7 Å². The molecule has 0 unspecified atom stereocenters. The monoisotopic (exact) mass is 311 g/mol. The number of aryl methyl sites for hydroxylation is 1. The van der Waals surface area contributed by atoms with Crippen molar-refractivity contribution in [3.05, 3.63) is 71.0 Å². The van der Waals surface area contributed by atoms with Gasteiger partial charge in [-0.15, -0.1) is 0 Å². The van der Waals surface area contributed by atoms with Gasteiger partial charge in [0.05, 0.1) is 7.11 Å². The summed E-state index contributed by atoms with van der Waals surface area (Å²) < 4.78 is 18.3. The molecule has 0 bridgehead atoms. The summed E-state index contributed by atoms with van der Waals surface area (Å²) in [6.45, 7) is 4.97. The number of hydrogen-bond donors (Lipinski definition) is 0. The van der Waals surface area contributed by atoms with E-state index >= 15 is 0 Å². The van der Waals surface area contributed by atoms with E-state index in [0.29, 0.717) is 0 Å². The second kappa shape index (κ2) is 6.97. The van der Waals surface area contributed by atoms with Gasteiger partial charge in [0.2, 0.25) is 0 Å². The van der Waals surface area contributed by atoms with Crippen LogP contribution in [0.1, 0.15) is 23.1 Å². The van der Waals surface area contributed by atoms with Gasteiger partial charge in [0.25, 0.3) is 0 Å². The Morgan fingerprint density at radius 2 is 1.91 bits per heavy atom. The molecule has 0 aromatic heterocycles. The Morgan fingerprint density at radius 3 is 2.52 bits per heavy atom. The van der Waals surface area contributed by atoms with Gasteiger partial charge in [-0.2, -0.15) is 0 Å². The maximum Gasteiger partial charge on any atom is 0.123 e. The van der Waals surface area contributed by atoms with Crippen molar-refractivity contribution in [3.8, 4) is 5.75 Å². The summed E-state index contributed by atoms with van der Waals surface area (Å²) >= 11 is 0. The van der Waals surface area contributed by atoms with Crippen LogP contribution in [-0.4, -0.2) is 25.1 Å². The van der Waals surface area contributed by atoms with E-state index in [1.807, 2.05) is 18.2 Å². The Labute approximate surface area is 137 Å². The summed E-state index contributed by atoms with van der Waals surface area (Å²) in [5, 5.41) is 0. The zero-order chi connectivity index (χ0) is 16.2. The lowest BCUT2D eigenvalue weighted by Gasteiger charge is -2.26. The molecule has 1 aliphatic heterocycles. The largest absolute Gasteiger partial charge is 0.496 e.